The quantitative estimate of drug-likeness (QED) is 0.519. The van der Waals surface area contributed by atoms with Crippen LogP contribution in [0.25, 0.3) is 0 Å². The van der Waals surface area contributed by atoms with E-state index in [1.807, 2.05) is 13.8 Å². The molecule has 6 nitrogen and oxygen atoms in total. The minimum atomic E-state index is -0.304. The normalized spacial score (nSPS) is 9.57. The van der Waals surface area contributed by atoms with E-state index in [9.17, 15) is 9.59 Å². The monoisotopic (exact) mass is 200 g/mol. The van der Waals surface area contributed by atoms with Crippen molar-refractivity contribution in [3.63, 3.8) is 0 Å². The van der Waals surface area contributed by atoms with Crippen LogP contribution in [0.15, 0.2) is 12.4 Å². The summed E-state index contributed by atoms with van der Waals surface area (Å²) in [7, 11) is 0. The molecule has 0 aromatic rings. The van der Waals surface area contributed by atoms with Gasteiger partial charge in [-0.2, -0.15) is 0 Å². The number of urea groups is 2. The third-order valence-corrected chi connectivity index (χ3v) is 1.19. The highest BCUT2D eigenvalue weighted by molar-refractivity contribution is 5.76. The maximum Gasteiger partial charge on any atom is 0.318 e. The van der Waals surface area contributed by atoms with Gasteiger partial charge in [-0.3, -0.25) is 0 Å². The fourth-order valence-corrected chi connectivity index (χ4v) is 0.658. The Morgan fingerprint density at radius 2 is 1.29 bits per heavy atom. The van der Waals surface area contributed by atoms with Crippen molar-refractivity contribution >= 4 is 12.1 Å². The number of carbonyl (C=O) groups excluding carboxylic acids is 2. The lowest BCUT2D eigenvalue weighted by Crippen LogP contribution is -2.34. The van der Waals surface area contributed by atoms with Gasteiger partial charge in [-0.15, -0.1) is 0 Å². The summed E-state index contributed by atoms with van der Waals surface area (Å²) in [5.41, 5.74) is 0. The van der Waals surface area contributed by atoms with Gasteiger partial charge in [-0.25, -0.2) is 9.59 Å². The van der Waals surface area contributed by atoms with E-state index < -0.39 is 0 Å². The van der Waals surface area contributed by atoms with E-state index in [1.54, 1.807) is 0 Å². The van der Waals surface area contributed by atoms with Gasteiger partial charge in [0.05, 0.1) is 0 Å². The molecular formula is C8H16N4O2. The fraction of sp³-hybridized carbons (Fsp3) is 0.500. The molecule has 4 amide bonds. The molecule has 0 radical (unpaired) electrons. The molecule has 0 bridgehead atoms. The van der Waals surface area contributed by atoms with Crippen molar-refractivity contribution in [3.05, 3.63) is 12.4 Å². The zero-order valence-corrected chi connectivity index (χ0v) is 8.39. The maximum absolute atomic E-state index is 10.8. The van der Waals surface area contributed by atoms with Crippen molar-refractivity contribution in [1.82, 2.24) is 21.3 Å². The maximum atomic E-state index is 10.8. The predicted molar refractivity (Wildman–Crippen MR) is 53.6 cm³/mol. The molecule has 0 saturated carbocycles. The molecule has 0 aliphatic rings. The van der Waals surface area contributed by atoms with Crippen LogP contribution < -0.4 is 21.3 Å². The van der Waals surface area contributed by atoms with E-state index in [4.69, 9.17) is 0 Å². The second-order valence-electron chi connectivity index (χ2n) is 2.34. The Hall–Kier alpha value is -1.72. The molecule has 0 heterocycles. The third-order valence-electron chi connectivity index (χ3n) is 1.19. The molecule has 6 heteroatoms. The standard InChI is InChI=1S/C8H16N4O2/c1-3-9-7(13)11-5-6-12-8(14)10-4-2/h5-6H,3-4H2,1-2H3,(H2,9,11,13)(H2,10,12,14)/b6-5-. The van der Waals surface area contributed by atoms with Gasteiger partial charge in [0.25, 0.3) is 0 Å². The Kier molecular flexibility index (Phi) is 6.93. The Bertz CT molecular complexity index is 193. The van der Waals surface area contributed by atoms with Gasteiger partial charge in [0.15, 0.2) is 0 Å². The molecule has 80 valence electrons. The predicted octanol–water partition coefficient (Wildman–Crippen LogP) is 0.0958. The van der Waals surface area contributed by atoms with Crippen molar-refractivity contribution in [2.24, 2.45) is 0 Å². The van der Waals surface area contributed by atoms with E-state index in [2.05, 4.69) is 21.3 Å². The molecule has 4 N–H and O–H groups in total. The van der Waals surface area contributed by atoms with E-state index >= 15 is 0 Å². The Morgan fingerprint density at radius 3 is 1.57 bits per heavy atom. The van der Waals surface area contributed by atoms with Crippen LogP contribution in [0.1, 0.15) is 13.8 Å². The first kappa shape index (κ1) is 12.3. The number of amides is 4. The van der Waals surface area contributed by atoms with Gasteiger partial charge < -0.3 is 21.3 Å². The Balaban J connectivity index is 3.53. The lowest BCUT2D eigenvalue weighted by Gasteiger charge is -2.01. The first-order valence-corrected chi connectivity index (χ1v) is 4.44. The lowest BCUT2D eigenvalue weighted by atomic mass is 10.7. The molecular weight excluding hydrogens is 184 g/mol. The minimum absolute atomic E-state index is 0.304. The van der Waals surface area contributed by atoms with Gasteiger partial charge in [0.1, 0.15) is 0 Å². The minimum Gasteiger partial charge on any atom is -0.338 e. The van der Waals surface area contributed by atoms with Crippen LogP contribution in [0.3, 0.4) is 0 Å². The summed E-state index contributed by atoms with van der Waals surface area (Å²) in [6, 6.07) is -0.608. The third kappa shape index (κ3) is 6.96. The average molecular weight is 200 g/mol. The van der Waals surface area contributed by atoms with E-state index in [1.165, 1.54) is 12.4 Å². The van der Waals surface area contributed by atoms with Crippen LogP contribution in [-0.2, 0) is 0 Å². The summed E-state index contributed by atoms with van der Waals surface area (Å²) in [6.45, 7) is 4.75. The molecule has 0 spiro atoms. The van der Waals surface area contributed by atoms with Gasteiger partial charge in [0, 0.05) is 25.5 Å². The molecule has 14 heavy (non-hydrogen) atoms. The molecule has 0 aliphatic heterocycles. The van der Waals surface area contributed by atoms with Crippen LogP contribution in [-0.4, -0.2) is 25.2 Å². The highest BCUT2D eigenvalue weighted by Gasteiger charge is 1.93. The first-order valence-electron chi connectivity index (χ1n) is 4.44. The summed E-state index contributed by atoms with van der Waals surface area (Å²) >= 11 is 0. The summed E-state index contributed by atoms with van der Waals surface area (Å²) in [4.78, 5) is 21.6. The summed E-state index contributed by atoms with van der Waals surface area (Å²) in [6.07, 6.45) is 2.69. The molecule has 0 aliphatic carbocycles. The SMILES string of the molecule is CCNC(=O)N/C=C\NC(=O)NCC. The van der Waals surface area contributed by atoms with Crippen molar-refractivity contribution in [2.45, 2.75) is 13.8 Å². The van der Waals surface area contributed by atoms with Crippen LogP contribution in [0, 0.1) is 0 Å². The van der Waals surface area contributed by atoms with Crippen molar-refractivity contribution < 1.29 is 9.59 Å². The van der Waals surface area contributed by atoms with E-state index in [0.29, 0.717) is 13.1 Å². The number of carbonyl (C=O) groups is 2. The number of hydrogen-bond acceptors (Lipinski definition) is 2. The van der Waals surface area contributed by atoms with Gasteiger partial charge in [-0.05, 0) is 13.8 Å². The smallest absolute Gasteiger partial charge is 0.318 e. The lowest BCUT2D eigenvalue weighted by molar-refractivity contribution is 0.242. The van der Waals surface area contributed by atoms with Crippen LogP contribution in [0.5, 0.6) is 0 Å². The second kappa shape index (κ2) is 7.90. The molecule has 0 fully saturated rings. The largest absolute Gasteiger partial charge is 0.338 e. The number of nitrogens with one attached hydrogen (secondary N) is 4. The highest BCUT2D eigenvalue weighted by atomic mass is 16.2. The summed E-state index contributed by atoms with van der Waals surface area (Å²) < 4.78 is 0. The molecule has 0 unspecified atom stereocenters. The van der Waals surface area contributed by atoms with Crippen molar-refractivity contribution in [2.75, 3.05) is 13.1 Å². The molecule has 0 atom stereocenters. The van der Waals surface area contributed by atoms with Gasteiger partial charge >= 0.3 is 12.1 Å². The first-order chi connectivity index (χ1) is 6.70. The number of hydrogen-bond donors (Lipinski definition) is 4. The molecule has 0 rings (SSSR count). The summed E-state index contributed by atoms with van der Waals surface area (Å²) in [5, 5.41) is 9.87. The Labute approximate surface area is 83.1 Å². The summed E-state index contributed by atoms with van der Waals surface area (Å²) in [5.74, 6) is 0. The van der Waals surface area contributed by atoms with Gasteiger partial charge in [-0.1, -0.05) is 0 Å². The van der Waals surface area contributed by atoms with Gasteiger partial charge in [0.2, 0.25) is 0 Å². The highest BCUT2D eigenvalue weighted by Crippen LogP contribution is 1.68. The van der Waals surface area contributed by atoms with E-state index in [0.717, 1.165) is 0 Å². The fourth-order valence-electron chi connectivity index (χ4n) is 0.658. The topological polar surface area (TPSA) is 82.3 Å². The zero-order chi connectivity index (χ0) is 10.8. The molecule has 0 aromatic carbocycles. The van der Waals surface area contributed by atoms with Crippen LogP contribution in [0.2, 0.25) is 0 Å². The van der Waals surface area contributed by atoms with E-state index in [-0.39, 0.29) is 12.1 Å². The Morgan fingerprint density at radius 1 is 0.929 bits per heavy atom. The average Bonchev–Trinajstić information content (AvgIpc) is 2.13. The number of rotatable bonds is 4. The molecule has 0 saturated heterocycles. The second-order valence-corrected chi connectivity index (χ2v) is 2.34. The zero-order valence-electron chi connectivity index (χ0n) is 8.39. The van der Waals surface area contributed by atoms with Crippen LogP contribution >= 0.6 is 0 Å². The van der Waals surface area contributed by atoms with Crippen molar-refractivity contribution in [1.29, 1.82) is 0 Å². The van der Waals surface area contributed by atoms with Crippen LogP contribution in [0.4, 0.5) is 9.59 Å². The van der Waals surface area contributed by atoms with Crippen molar-refractivity contribution in [3.8, 4) is 0 Å². The molecule has 0 aromatic heterocycles.